The van der Waals surface area contributed by atoms with Crippen LogP contribution in [0.5, 0.6) is 0 Å². The van der Waals surface area contributed by atoms with Gasteiger partial charge in [0.15, 0.2) is 0 Å². The molecule has 0 aliphatic carbocycles. The first-order chi connectivity index (χ1) is 7.15. The summed E-state index contributed by atoms with van der Waals surface area (Å²) in [4.78, 5) is 2.07. The summed E-state index contributed by atoms with van der Waals surface area (Å²) in [6.07, 6.45) is 0.716. The van der Waals surface area contributed by atoms with E-state index in [1.165, 1.54) is 5.69 Å². The highest BCUT2D eigenvalue weighted by Gasteiger charge is 2.05. The minimum absolute atomic E-state index is 0.0114. The van der Waals surface area contributed by atoms with Crippen molar-refractivity contribution < 1.29 is 0 Å². The van der Waals surface area contributed by atoms with E-state index in [4.69, 9.17) is 5.73 Å². The quantitative estimate of drug-likeness (QED) is 0.761. The second-order valence-electron chi connectivity index (χ2n) is 3.73. The van der Waals surface area contributed by atoms with Crippen molar-refractivity contribution >= 4 is 5.69 Å². The van der Waals surface area contributed by atoms with Crippen molar-refractivity contribution in [1.82, 2.24) is 0 Å². The van der Waals surface area contributed by atoms with Crippen LogP contribution in [0.4, 0.5) is 5.69 Å². The molecule has 80 valence electrons. The molecule has 15 heavy (non-hydrogen) atoms. The standard InChI is InChI=1S/C13H18N2/c1-4-5-9-13(14)11-7-6-8-12(10-11)15(2)3/h6-8,10,13H,9,14H2,1-3H3. The molecule has 0 aliphatic heterocycles. The highest BCUT2D eigenvalue weighted by Crippen LogP contribution is 2.19. The first kappa shape index (κ1) is 11.6. The molecule has 0 saturated carbocycles. The molecule has 0 amide bonds. The Kier molecular flexibility index (Phi) is 4.20. The number of nitrogens with zero attached hydrogens (tertiary/aromatic N) is 1. The number of anilines is 1. The number of hydrogen-bond donors (Lipinski definition) is 1. The van der Waals surface area contributed by atoms with E-state index in [9.17, 15) is 0 Å². The Morgan fingerprint density at radius 3 is 2.73 bits per heavy atom. The second-order valence-corrected chi connectivity index (χ2v) is 3.73. The summed E-state index contributed by atoms with van der Waals surface area (Å²) in [7, 11) is 4.05. The van der Waals surface area contributed by atoms with Crippen molar-refractivity contribution in [2.45, 2.75) is 19.4 Å². The largest absolute Gasteiger partial charge is 0.378 e. The summed E-state index contributed by atoms with van der Waals surface area (Å²) >= 11 is 0. The Balaban J connectivity index is 2.83. The summed E-state index contributed by atoms with van der Waals surface area (Å²) < 4.78 is 0. The van der Waals surface area contributed by atoms with E-state index in [2.05, 4.69) is 34.9 Å². The highest BCUT2D eigenvalue weighted by molar-refractivity contribution is 5.47. The van der Waals surface area contributed by atoms with Gasteiger partial charge in [-0.05, 0) is 24.6 Å². The summed E-state index contributed by atoms with van der Waals surface area (Å²) in [6, 6.07) is 8.28. The third kappa shape index (κ3) is 3.30. The van der Waals surface area contributed by atoms with Gasteiger partial charge in [0, 0.05) is 32.2 Å². The topological polar surface area (TPSA) is 29.3 Å². The van der Waals surface area contributed by atoms with Crippen LogP contribution < -0.4 is 10.6 Å². The van der Waals surface area contributed by atoms with Gasteiger partial charge in [-0.3, -0.25) is 0 Å². The van der Waals surface area contributed by atoms with Crippen LogP contribution in [-0.4, -0.2) is 14.1 Å². The molecule has 0 fully saturated rings. The molecule has 1 rings (SSSR count). The molecule has 0 aromatic heterocycles. The zero-order valence-corrected chi connectivity index (χ0v) is 9.62. The summed E-state index contributed by atoms with van der Waals surface area (Å²) in [5, 5.41) is 0. The van der Waals surface area contributed by atoms with Gasteiger partial charge in [-0.2, -0.15) is 0 Å². The Morgan fingerprint density at radius 2 is 2.13 bits per heavy atom. The molecule has 2 heteroatoms. The molecule has 1 atom stereocenters. The highest BCUT2D eigenvalue weighted by atomic mass is 15.1. The molecule has 1 unspecified atom stereocenters. The van der Waals surface area contributed by atoms with E-state index in [0.717, 1.165) is 5.56 Å². The number of nitrogens with two attached hydrogens (primary N) is 1. The van der Waals surface area contributed by atoms with Gasteiger partial charge in [0.25, 0.3) is 0 Å². The lowest BCUT2D eigenvalue weighted by Gasteiger charge is -2.15. The fraction of sp³-hybridized carbons (Fsp3) is 0.385. The summed E-state index contributed by atoms with van der Waals surface area (Å²) in [5.41, 5.74) is 8.35. The molecule has 0 saturated heterocycles. The Bertz CT molecular complexity index is 372. The average Bonchev–Trinajstić information content (AvgIpc) is 2.26. The van der Waals surface area contributed by atoms with Crippen molar-refractivity contribution in [3.63, 3.8) is 0 Å². The van der Waals surface area contributed by atoms with Crippen LogP contribution >= 0.6 is 0 Å². The predicted molar refractivity (Wildman–Crippen MR) is 65.8 cm³/mol. The van der Waals surface area contributed by atoms with Gasteiger partial charge >= 0.3 is 0 Å². The normalized spacial score (nSPS) is 11.5. The molecule has 0 bridgehead atoms. The van der Waals surface area contributed by atoms with Crippen molar-refractivity contribution in [2.24, 2.45) is 5.73 Å². The van der Waals surface area contributed by atoms with Crippen LogP contribution in [0.25, 0.3) is 0 Å². The molecular formula is C13H18N2. The van der Waals surface area contributed by atoms with Gasteiger partial charge in [0.1, 0.15) is 0 Å². The summed E-state index contributed by atoms with van der Waals surface area (Å²) in [5.74, 6) is 5.87. The van der Waals surface area contributed by atoms with Crippen LogP contribution in [0.1, 0.15) is 24.9 Å². The number of hydrogen-bond acceptors (Lipinski definition) is 2. The van der Waals surface area contributed by atoms with Crippen LogP contribution in [0.15, 0.2) is 24.3 Å². The number of benzene rings is 1. The minimum atomic E-state index is 0.0114. The maximum absolute atomic E-state index is 6.03. The van der Waals surface area contributed by atoms with E-state index in [0.29, 0.717) is 6.42 Å². The van der Waals surface area contributed by atoms with Crippen LogP contribution in [0.2, 0.25) is 0 Å². The summed E-state index contributed by atoms with van der Waals surface area (Å²) in [6.45, 7) is 1.84. The fourth-order valence-electron chi connectivity index (χ4n) is 1.36. The first-order valence-corrected chi connectivity index (χ1v) is 5.07. The molecule has 0 heterocycles. The Morgan fingerprint density at radius 1 is 1.40 bits per heavy atom. The lowest BCUT2D eigenvalue weighted by atomic mass is 10.0. The van der Waals surface area contributed by atoms with Crippen LogP contribution in [0.3, 0.4) is 0 Å². The minimum Gasteiger partial charge on any atom is -0.378 e. The first-order valence-electron chi connectivity index (χ1n) is 5.07. The lowest BCUT2D eigenvalue weighted by molar-refractivity contribution is 0.754. The lowest BCUT2D eigenvalue weighted by Crippen LogP contribution is -2.12. The van der Waals surface area contributed by atoms with Gasteiger partial charge < -0.3 is 10.6 Å². The Labute approximate surface area is 92.1 Å². The van der Waals surface area contributed by atoms with Gasteiger partial charge in [0.05, 0.1) is 0 Å². The van der Waals surface area contributed by atoms with E-state index in [1.54, 1.807) is 0 Å². The van der Waals surface area contributed by atoms with Crippen molar-refractivity contribution in [3.05, 3.63) is 29.8 Å². The van der Waals surface area contributed by atoms with Gasteiger partial charge in [-0.25, -0.2) is 0 Å². The molecule has 1 aromatic rings. The van der Waals surface area contributed by atoms with Crippen molar-refractivity contribution in [2.75, 3.05) is 19.0 Å². The monoisotopic (exact) mass is 202 g/mol. The van der Waals surface area contributed by atoms with Crippen molar-refractivity contribution in [1.29, 1.82) is 0 Å². The second kappa shape index (κ2) is 5.43. The molecule has 2 nitrogen and oxygen atoms in total. The third-order valence-electron chi connectivity index (χ3n) is 2.31. The SMILES string of the molecule is CC#CCC(N)c1cccc(N(C)C)c1. The smallest absolute Gasteiger partial charge is 0.0406 e. The van der Waals surface area contributed by atoms with Gasteiger partial charge in [-0.1, -0.05) is 12.1 Å². The molecule has 0 radical (unpaired) electrons. The Hall–Kier alpha value is -1.46. The predicted octanol–water partition coefficient (Wildman–Crippen LogP) is 2.17. The van der Waals surface area contributed by atoms with E-state index >= 15 is 0 Å². The fourth-order valence-corrected chi connectivity index (χ4v) is 1.36. The maximum atomic E-state index is 6.03. The van der Waals surface area contributed by atoms with Gasteiger partial charge in [0.2, 0.25) is 0 Å². The van der Waals surface area contributed by atoms with E-state index < -0.39 is 0 Å². The molecule has 2 N–H and O–H groups in total. The van der Waals surface area contributed by atoms with E-state index in [1.807, 2.05) is 27.1 Å². The molecule has 1 aromatic carbocycles. The van der Waals surface area contributed by atoms with Crippen molar-refractivity contribution in [3.8, 4) is 11.8 Å². The zero-order valence-electron chi connectivity index (χ0n) is 9.62. The third-order valence-corrected chi connectivity index (χ3v) is 2.31. The molecule has 0 spiro atoms. The van der Waals surface area contributed by atoms with Crippen LogP contribution in [0, 0.1) is 11.8 Å². The van der Waals surface area contributed by atoms with Crippen LogP contribution in [-0.2, 0) is 0 Å². The maximum Gasteiger partial charge on any atom is 0.0406 e. The average molecular weight is 202 g/mol. The number of rotatable bonds is 3. The van der Waals surface area contributed by atoms with Gasteiger partial charge in [-0.15, -0.1) is 11.8 Å². The zero-order chi connectivity index (χ0) is 11.3. The molecule has 0 aliphatic rings. The van der Waals surface area contributed by atoms with E-state index in [-0.39, 0.29) is 6.04 Å². The molecular weight excluding hydrogens is 184 g/mol.